The summed E-state index contributed by atoms with van der Waals surface area (Å²) in [6, 6.07) is 19.4. The van der Waals surface area contributed by atoms with Crippen LogP contribution in [0.2, 0.25) is 5.02 Å². The summed E-state index contributed by atoms with van der Waals surface area (Å²) in [7, 11) is 0. The largest absolute Gasteiger partial charge is 0.368 e. The average molecular weight is 476 g/mol. The third-order valence-electron chi connectivity index (χ3n) is 7.03. The van der Waals surface area contributed by atoms with Crippen LogP contribution in [0, 0.1) is 0 Å². The quantitative estimate of drug-likeness (QED) is 0.320. The summed E-state index contributed by atoms with van der Waals surface area (Å²) in [6.45, 7) is 5.67. The molecule has 1 fully saturated rings. The maximum atomic E-state index is 13.0. The van der Waals surface area contributed by atoms with Gasteiger partial charge in [0.15, 0.2) is 0 Å². The SMILES string of the molecule is O=C1c2cccc3cccc(c23)C(=O)N1CCCCCCN1CCN(c2ccccc2Cl)CC1. The Labute approximate surface area is 205 Å². The van der Waals surface area contributed by atoms with E-state index in [0.29, 0.717) is 17.7 Å². The van der Waals surface area contributed by atoms with Gasteiger partial charge in [-0.3, -0.25) is 19.4 Å². The average Bonchev–Trinajstić information content (AvgIpc) is 2.87. The number of rotatable bonds is 8. The molecular formula is C28H30ClN3O2. The van der Waals surface area contributed by atoms with Crippen LogP contribution in [-0.4, -0.2) is 60.9 Å². The van der Waals surface area contributed by atoms with Gasteiger partial charge in [-0.15, -0.1) is 0 Å². The van der Waals surface area contributed by atoms with E-state index in [2.05, 4.69) is 15.9 Å². The van der Waals surface area contributed by atoms with Gasteiger partial charge in [-0.1, -0.05) is 60.8 Å². The summed E-state index contributed by atoms with van der Waals surface area (Å²) < 4.78 is 0. The van der Waals surface area contributed by atoms with Crippen molar-refractivity contribution in [3.05, 3.63) is 76.8 Å². The van der Waals surface area contributed by atoms with Crippen molar-refractivity contribution in [1.29, 1.82) is 0 Å². The van der Waals surface area contributed by atoms with E-state index in [1.165, 1.54) is 4.90 Å². The van der Waals surface area contributed by atoms with Crippen molar-refractivity contribution in [2.24, 2.45) is 0 Å². The fourth-order valence-electron chi connectivity index (χ4n) is 5.16. The third kappa shape index (κ3) is 4.55. The van der Waals surface area contributed by atoms with Crippen LogP contribution in [0.25, 0.3) is 10.8 Å². The van der Waals surface area contributed by atoms with Crippen LogP contribution in [-0.2, 0) is 0 Å². The lowest BCUT2D eigenvalue weighted by atomic mass is 9.94. The Morgan fingerprint density at radius 3 is 1.94 bits per heavy atom. The summed E-state index contributed by atoms with van der Waals surface area (Å²) in [5, 5.41) is 2.57. The van der Waals surface area contributed by atoms with Crippen LogP contribution in [0.4, 0.5) is 5.69 Å². The first-order chi connectivity index (χ1) is 16.6. The highest BCUT2D eigenvalue weighted by atomic mass is 35.5. The Kier molecular flexibility index (Phi) is 6.84. The number of carbonyl (C=O) groups excluding carboxylic acids is 2. The predicted octanol–water partition coefficient (Wildman–Crippen LogP) is 5.47. The van der Waals surface area contributed by atoms with Gasteiger partial charge >= 0.3 is 0 Å². The number of carbonyl (C=O) groups is 2. The fraction of sp³-hybridized carbons (Fsp3) is 0.357. The molecule has 0 N–H and O–H groups in total. The van der Waals surface area contributed by atoms with Crippen molar-refractivity contribution in [2.75, 3.05) is 44.2 Å². The molecule has 0 atom stereocenters. The smallest absolute Gasteiger partial charge is 0.261 e. The summed E-state index contributed by atoms with van der Waals surface area (Å²) in [6.07, 6.45) is 4.10. The second-order valence-corrected chi connectivity index (χ2v) is 9.57. The molecule has 2 heterocycles. The third-order valence-corrected chi connectivity index (χ3v) is 7.35. The molecular weight excluding hydrogens is 446 g/mol. The standard InChI is InChI=1S/C28H30ClN3O2/c29-24-13-3-4-14-25(24)31-19-17-30(18-20-31)15-5-1-2-6-16-32-27(33)22-11-7-9-21-10-8-12-23(26(21)22)28(32)34/h3-4,7-14H,1-2,5-6,15-20H2. The predicted molar refractivity (Wildman–Crippen MR) is 138 cm³/mol. The molecule has 0 unspecified atom stereocenters. The number of hydrogen-bond acceptors (Lipinski definition) is 4. The van der Waals surface area contributed by atoms with Crippen molar-refractivity contribution < 1.29 is 9.59 Å². The molecule has 0 bridgehead atoms. The summed E-state index contributed by atoms with van der Waals surface area (Å²) in [4.78, 5) is 32.3. The molecule has 0 saturated carbocycles. The Balaban J connectivity index is 1.05. The topological polar surface area (TPSA) is 43.9 Å². The fourth-order valence-corrected chi connectivity index (χ4v) is 5.42. The van der Waals surface area contributed by atoms with E-state index in [1.54, 1.807) is 0 Å². The minimum Gasteiger partial charge on any atom is -0.368 e. The summed E-state index contributed by atoms with van der Waals surface area (Å²) >= 11 is 6.34. The monoisotopic (exact) mass is 475 g/mol. The van der Waals surface area contributed by atoms with Gasteiger partial charge in [0.25, 0.3) is 11.8 Å². The van der Waals surface area contributed by atoms with E-state index in [4.69, 9.17) is 11.6 Å². The first-order valence-corrected chi connectivity index (χ1v) is 12.6. The Bertz CT molecular complexity index is 1150. The van der Waals surface area contributed by atoms with Crippen molar-refractivity contribution in [2.45, 2.75) is 25.7 Å². The number of unbranched alkanes of at least 4 members (excludes halogenated alkanes) is 3. The van der Waals surface area contributed by atoms with Gasteiger partial charge in [0, 0.05) is 49.2 Å². The molecule has 0 aliphatic carbocycles. The zero-order valence-electron chi connectivity index (χ0n) is 19.4. The molecule has 2 aliphatic heterocycles. The van der Waals surface area contributed by atoms with Gasteiger partial charge in [0.1, 0.15) is 0 Å². The number of piperazine rings is 1. The van der Waals surface area contributed by atoms with Crippen LogP contribution in [0.3, 0.4) is 0 Å². The molecule has 5 nitrogen and oxygen atoms in total. The van der Waals surface area contributed by atoms with Crippen molar-refractivity contribution in [3.8, 4) is 0 Å². The number of amides is 2. The molecule has 6 heteroatoms. The Morgan fingerprint density at radius 1 is 0.676 bits per heavy atom. The number of para-hydroxylation sites is 1. The van der Waals surface area contributed by atoms with E-state index in [-0.39, 0.29) is 11.8 Å². The van der Waals surface area contributed by atoms with Gasteiger partial charge in [-0.25, -0.2) is 0 Å². The molecule has 2 amide bonds. The van der Waals surface area contributed by atoms with Crippen LogP contribution in [0.15, 0.2) is 60.7 Å². The molecule has 0 aromatic heterocycles. The first-order valence-electron chi connectivity index (χ1n) is 12.2. The maximum absolute atomic E-state index is 13.0. The molecule has 3 aromatic rings. The number of benzene rings is 3. The minimum atomic E-state index is -0.161. The van der Waals surface area contributed by atoms with Crippen molar-refractivity contribution >= 4 is 39.9 Å². The minimum absolute atomic E-state index is 0.161. The molecule has 1 saturated heterocycles. The Hall–Kier alpha value is -2.89. The number of imide groups is 1. The van der Waals surface area contributed by atoms with Crippen LogP contribution >= 0.6 is 11.6 Å². The van der Waals surface area contributed by atoms with Crippen LogP contribution in [0.5, 0.6) is 0 Å². The van der Waals surface area contributed by atoms with E-state index >= 15 is 0 Å². The van der Waals surface area contributed by atoms with Gasteiger partial charge in [-0.05, 0) is 49.0 Å². The lowest BCUT2D eigenvalue weighted by Gasteiger charge is -2.36. The lowest BCUT2D eigenvalue weighted by molar-refractivity contribution is 0.0607. The van der Waals surface area contributed by atoms with E-state index < -0.39 is 0 Å². The molecule has 3 aromatic carbocycles. The molecule has 0 radical (unpaired) electrons. The molecule has 176 valence electrons. The number of halogens is 1. The van der Waals surface area contributed by atoms with Gasteiger partial charge < -0.3 is 4.90 Å². The lowest BCUT2D eigenvalue weighted by Crippen LogP contribution is -2.46. The second kappa shape index (κ2) is 10.2. The summed E-state index contributed by atoms with van der Waals surface area (Å²) in [5.41, 5.74) is 2.41. The highest BCUT2D eigenvalue weighted by molar-refractivity contribution is 6.33. The molecule has 2 aliphatic rings. The van der Waals surface area contributed by atoms with Crippen molar-refractivity contribution in [3.63, 3.8) is 0 Å². The number of hydrogen-bond donors (Lipinski definition) is 0. The Morgan fingerprint density at radius 2 is 1.29 bits per heavy atom. The first kappa shape index (κ1) is 22.9. The molecule has 34 heavy (non-hydrogen) atoms. The second-order valence-electron chi connectivity index (χ2n) is 9.17. The summed E-state index contributed by atoms with van der Waals surface area (Å²) in [5.74, 6) is -0.323. The van der Waals surface area contributed by atoms with Gasteiger partial charge in [0.05, 0.1) is 10.7 Å². The molecule has 5 rings (SSSR count). The van der Waals surface area contributed by atoms with Crippen LogP contribution in [0.1, 0.15) is 46.4 Å². The zero-order chi connectivity index (χ0) is 23.5. The van der Waals surface area contributed by atoms with E-state index in [1.807, 2.05) is 54.6 Å². The molecule has 0 spiro atoms. The normalized spacial score (nSPS) is 16.5. The van der Waals surface area contributed by atoms with E-state index in [9.17, 15) is 9.59 Å². The van der Waals surface area contributed by atoms with E-state index in [0.717, 1.165) is 79.9 Å². The van der Waals surface area contributed by atoms with Crippen molar-refractivity contribution in [1.82, 2.24) is 9.80 Å². The van der Waals surface area contributed by atoms with Gasteiger partial charge in [0.2, 0.25) is 0 Å². The zero-order valence-corrected chi connectivity index (χ0v) is 20.1. The number of nitrogens with zero attached hydrogens (tertiary/aromatic N) is 3. The number of anilines is 1. The maximum Gasteiger partial charge on any atom is 0.261 e. The highest BCUT2D eigenvalue weighted by Gasteiger charge is 2.32. The highest BCUT2D eigenvalue weighted by Crippen LogP contribution is 2.30. The van der Waals surface area contributed by atoms with Crippen LogP contribution < -0.4 is 4.90 Å². The van der Waals surface area contributed by atoms with Gasteiger partial charge in [-0.2, -0.15) is 0 Å².